The molecule has 1 aromatic heterocycles. The average Bonchev–Trinajstić information content (AvgIpc) is 2.62. The minimum Gasteiger partial charge on any atom is -0.508 e. The molecule has 0 amide bonds. The number of hydrogen-bond donors (Lipinski definition) is 2. The first-order chi connectivity index (χ1) is 11.7. The Bertz CT molecular complexity index is 923. The highest BCUT2D eigenvalue weighted by Gasteiger charge is 2.22. The first-order valence-corrected chi connectivity index (χ1v) is 7.38. The van der Waals surface area contributed by atoms with Gasteiger partial charge in [-0.3, -0.25) is 0 Å². The van der Waals surface area contributed by atoms with Gasteiger partial charge in [-0.25, -0.2) is 4.99 Å². The molecule has 3 aromatic rings. The summed E-state index contributed by atoms with van der Waals surface area (Å²) in [6, 6.07) is 14.6. The molecule has 0 saturated carbocycles. The zero-order chi connectivity index (χ0) is 16.5. The molecule has 2 aromatic carbocycles. The molecule has 1 aliphatic heterocycles. The lowest BCUT2D eigenvalue weighted by Crippen LogP contribution is -2.20. The summed E-state index contributed by atoms with van der Waals surface area (Å²) in [6.07, 6.45) is 1.63. The Morgan fingerprint density at radius 2 is 1.88 bits per heavy atom. The lowest BCUT2D eigenvalue weighted by atomic mass is 10.2. The Labute approximate surface area is 138 Å². The molecule has 0 unspecified atom stereocenters. The third-order valence-corrected chi connectivity index (χ3v) is 3.72. The number of anilines is 4. The maximum Gasteiger partial charge on any atom is 0.271 e. The predicted octanol–water partition coefficient (Wildman–Crippen LogP) is 3.15. The van der Waals surface area contributed by atoms with Gasteiger partial charge in [-0.1, -0.05) is 12.1 Å². The third-order valence-electron chi connectivity index (χ3n) is 3.72. The Kier molecular flexibility index (Phi) is 3.31. The number of phenolic OH excluding ortho intramolecular Hbond substituents is 1. The van der Waals surface area contributed by atoms with Gasteiger partial charge in [-0.15, -0.1) is 10.2 Å². The summed E-state index contributed by atoms with van der Waals surface area (Å²) < 4.78 is 0. The second-order valence-corrected chi connectivity index (χ2v) is 5.33. The number of benzene rings is 2. The van der Waals surface area contributed by atoms with E-state index in [0.717, 1.165) is 16.9 Å². The lowest BCUT2D eigenvalue weighted by Gasteiger charge is -2.28. The first kappa shape index (κ1) is 14.1. The summed E-state index contributed by atoms with van der Waals surface area (Å²) in [6.45, 7) is 0. The van der Waals surface area contributed by atoms with Gasteiger partial charge in [0.25, 0.3) is 5.95 Å². The van der Waals surface area contributed by atoms with Crippen LogP contribution in [-0.2, 0) is 0 Å². The van der Waals surface area contributed by atoms with Crippen LogP contribution in [0.15, 0.2) is 53.5 Å². The number of para-hydroxylation sites is 2. The van der Waals surface area contributed by atoms with E-state index in [9.17, 15) is 5.11 Å². The van der Waals surface area contributed by atoms with Crippen LogP contribution >= 0.6 is 0 Å². The van der Waals surface area contributed by atoms with Crippen LogP contribution in [-0.4, -0.2) is 33.6 Å². The molecular weight excluding hydrogens is 304 g/mol. The van der Waals surface area contributed by atoms with Crippen LogP contribution in [0, 0.1) is 0 Å². The van der Waals surface area contributed by atoms with Gasteiger partial charge in [-0.2, -0.15) is 4.98 Å². The lowest BCUT2D eigenvalue weighted by molar-refractivity contribution is 0.475. The van der Waals surface area contributed by atoms with Crippen molar-refractivity contribution in [1.29, 1.82) is 0 Å². The van der Waals surface area contributed by atoms with Crippen LogP contribution in [0.2, 0.25) is 0 Å². The van der Waals surface area contributed by atoms with Crippen LogP contribution in [0.5, 0.6) is 5.75 Å². The molecule has 0 bridgehead atoms. The molecule has 0 aliphatic carbocycles. The van der Waals surface area contributed by atoms with Crippen molar-refractivity contribution >= 4 is 35.2 Å². The average molecular weight is 318 g/mol. The van der Waals surface area contributed by atoms with Gasteiger partial charge >= 0.3 is 0 Å². The van der Waals surface area contributed by atoms with Crippen LogP contribution < -0.4 is 10.2 Å². The zero-order valence-electron chi connectivity index (χ0n) is 12.9. The van der Waals surface area contributed by atoms with E-state index in [2.05, 4.69) is 25.5 Å². The number of fused-ring (bicyclic) bond motifs is 2. The summed E-state index contributed by atoms with van der Waals surface area (Å²) in [5, 5.41) is 20.7. The number of rotatable bonds is 2. The number of aromatic hydroxyl groups is 1. The quantitative estimate of drug-likeness (QED) is 0.706. The monoisotopic (exact) mass is 318 g/mol. The van der Waals surface area contributed by atoms with Gasteiger partial charge in [0, 0.05) is 13.3 Å². The van der Waals surface area contributed by atoms with Crippen molar-refractivity contribution in [3.63, 3.8) is 0 Å². The van der Waals surface area contributed by atoms with E-state index < -0.39 is 0 Å². The van der Waals surface area contributed by atoms with E-state index in [1.165, 1.54) is 0 Å². The van der Waals surface area contributed by atoms with Gasteiger partial charge in [0.1, 0.15) is 5.75 Å². The van der Waals surface area contributed by atoms with Crippen molar-refractivity contribution in [3.8, 4) is 5.75 Å². The fourth-order valence-electron chi connectivity index (χ4n) is 2.49. The molecule has 24 heavy (non-hydrogen) atoms. The van der Waals surface area contributed by atoms with Crippen molar-refractivity contribution in [2.75, 3.05) is 17.3 Å². The second-order valence-electron chi connectivity index (χ2n) is 5.33. The minimum atomic E-state index is 0.213. The number of nitrogens with zero attached hydrogens (tertiary/aromatic N) is 5. The van der Waals surface area contributed by atoms with Crippen molar-refractivity contribution < 1.29 is 5.11 Å². The topological polar surface area (TPSA) is 86.5 Å². The van der Waals surface area contributed by atoms with E-state index in [0.29, 0.717) is 11.6 Å². The molecule has 7 heteroatoms. The highest BCUT2D eigenvalue weighted by atomic mass is 16.3. The smallest absolute Gasteiger partial charge is 0.271 e. The third kappa shape index (κ3) is 2.52. The van der Waals surface area contributed by atoms with Gasteiger partial charge in [0.15, 0.2) is 11.6 Å². The fourth-order valence-corrected chi connectivity index (χ4v) is 2.49. The van der Waals surface area contributed by atoms with E-state index in [1.54, 1.807) is 30.5 Å². The van der Waals surface area contributed by atoms with Crippen LogP contribution in [0.4, 0.5) is 29.0 Å². The summed E-state index contributed by atoms with van der Waals surface area (Å²) in [7, 11) is 1.93. The molecule has 0 saturated heterocycles. The predicted molar refractivity (Wildman–Crippen MR) is 93.0 cm³/mol. The Balaban J connectivity index is 1.65. The molecule has 2 heterocycles. The molecule has 0 radical (unpaired) electrons. The molecule has 0 fully saturated rings. The molecule has 1 aliphatic rings. The number of aliphatic imine (C=N–C) groups is 1. The number of nitrogens with one attached hydrogen (secondary N) is 1. The van der Waals surface area contributed by atoms with Crippen LogP contribution in [0.1, 0.15) is 5.56 Å². The molecule has 7 nitrogen and oxygen atoms in total. The number of hydrogen-bond acceptors (Lipinski definition) is 7. The summed E-state index contributed by atoms with van der Waals surface area (Å²) in [4.78, 5) is 10.7. The summed E-state index contributed by atoms with van der Waals surface area (Å²) >= 11 is 0. The largest absolute Gasteiger partial charge is 0.508 e. The first-order valence-electron chi connectivity index (χ1n) is 7.38. The maximum atomic E-state index is 9.29. The standard InChI is InChI=1S/C17H14N6O/c1-23-14-5-3-2-4-13(14)19-15-16(23)20-17(22-21-15)18-10-11-6-8-12(24)9-7-11/h2-10,24H,1H3,(H,19,21). The molecule has 118 valence electrons. The molecule has 0 spiro atoms. The number of phenols is 1. The van der Waals surface area contributed by atoms with Gasteiger partial charge in [-0.05, 0) is 42.0 Å². The van der Waals surface area contributed by atoms with E-state index in [4.69, 9.17) is 0 Å². The Morgan fingerprint density at radius 1 is 1.08 bits per heavy atom. The molecule has 4 rings (SSSR count). The second kappa shape index (κ2) is 5.62. The number of aromatic nitrogens is 3. The van der Waals surface area contributed by atoms with Crippen LogP contribution in [0.25, 0.3) is 0 Å². The van der Waals surface area contributed by atoms with Crippen molar-refractivity contribution in [1.82, 2.24) is 15.2 Å². The Morgan fingerprint density at radius 3 is 2.71 bits per heavy atom. The van der Waals surface area contributed by atoms with E-state index >= 15 is 0 Å². The normalized spacial score (nSPS) is 12.6. The highest BCUT2D eigenvalue weighted by Crippen LogP contribution is 2.40. The van der Waals surface area contributed by atoms with Gasteiger partial charge in [0.2, 0.25) is 0 Å². The zero-order valence-corrected chi connectivity index (χ0v) is 12.9. The molecule has 0 atom stereocenters. The minimum absolute atomic E-state index is 0.213. The van der Waals surface area contributed by atoms with Gasteiger partial charge < -0.3 is 15.3 Å². The maximum absolute atomic E-state index is 9.29. The summed E-state index contributed by atoms with van der Waals surface area (Å²) in [5.41, 5.74) is 2.81. The molecular formula is C17H14N6O. The van der Waals surface area contributed by atoms with Gasteiger partial charge in [0.05, 0.1) is 11.4 Å². The van der Waals surface area contributed by atoms with Crippen molar-refractivity contribution in [2.45, 2.75) is 0 Å². The van der Waals surface area contributed by atoms with E-state index in [1.807, 2.05) is 36.2 Å². The Hall–Kier alpha value is -3.48. The van der Waals surface area contributed by atoms with E-state index in [-0.39, 0.29) is 11.7 Å². The summed E-state index contributed by atoms with van der Waals surface area (Å²) in [5.74, 6) is 1.75. The van der Waals surface area contributed by atoms with Crippen molar-refractivity contribution in [2.24, 2.45) is 4.99 Å². The molecule has 2 N–H and O–H groups in total. The fraction of sp³-hybridized carbons (Fsp3) is 0.0588. The SMILES string of the molecule is CN1c2ccccc2Nc2nnc(N=Cc3ccc(O)cc3)nc21. The van der Waals surface area contributed by atoms with Crippen molar-refractivity contribution in [3.05, 3.63) is 54.1 Å². The van der Waals surface area contributed by atoms with Crippen LogP contribution in [0.3, 0.4) is 0 Å². The highest BCUT2D eigenvalue weighted by molar-refractivity contribution is 5.88.